The third kappa shape index (κ3) is 7.48. The lowest BCUT2D eigenvalue weighted by molar-refractivity contribution is 0.0253. The molecule has 0 saturated carbocycles. The molecule has 1 heterocycles. The van der Waals surface area contributed by atoms with Gasteiger partial charge in [0.25, 0.3) is 0 Å². The first-order chi connectivity index (χ1) is 13.5. The highest BCUT2D eigenvalue weighted by Crippen LogP contribution is 2.26. The van der Waals surface area contributed by atoms with Crippen LogP contribution in [0.2, 0.25) is 0 Å². The Labute approximate surface area is 174 Å². The van der Waals surface area contributed by atoms with Gasteiger partial charge in [-0.15, -0.1) is 0 Å². The second kappa shape index (κ2) is 9.85. The van der Waals surface area contributed by atoms with E-state index < -0.39 is 5.60 Å². The smallest absolute Gasteiger partial charge is 0.410 e. The van der Waals surface area contributed by atoms with Gasteiger partial charge in [-0.3, -0.25) is 0 Å². The molecule has 1 N–H and O–H groups in total. The van der Waals surface area contributed by atoms with Crippen molar-refractivity contribution in [2.45, 2.75) is 59.2 Å². The molecule has 1 unspecified atom stereocenters. The maximum Gasteiger partial charge on any atom is 0.410 e. The highest BCUT2D eigenvalue weighted by molar-refractivity contribution is 5.91. The number of rotatable bonds is 5. The number of piperidine rings is 1. The van der Waals surface area contributed by atoms with Gasteiger partial charge in [-0.05, 0) is 65.5 Å². The Morgan fingerprint density at radius 1 is 1.28 bits per heavy atom. The molecule has 1 aromatic carbocycles. The van der Waals surface area contributed by atoms with Crippen molar-refractivity contribution in [3.8, 4) is 5.75 Å². The predicted octanol–water partition coefficient (Wildman–Crippen LogP) is 4.58. The first-order valence-corrected chi connectivity index (χ1v) is 10.3. The number of likely N-dealkylation sites (tertiary alicyclic amines) is 1. The standard InChI is InChI=1S/C22H35N3O4/c1-16(2)28-19-12-8-7-11-18(19)23-20(26)25-13-9-10-17(15-25)14-24(6)21(27)29-22(3,4)5/h7-8,11-12,16-17H,9-10,13-15H2,1-6H3,(H,23,26). The molecule has 0 aromatic heterocycles. The molecule has 1 aromatic rings. The number of carbonyl (C=O) groups excluding carboxylic acids is 2. The van der Waals surface area contributed by atoms with Crippen LogP contribution in [0.15, 0.2) is 24.3 Å². The number of benzene rings is 1. The zero-order valence-electron chi connectivity index (χ0n) is 18.5. The summed E-state index contributed by atoms with van der Waals surface area (Å²) in [5.41, 5.74) is 0.147. The molecular formula is C22H35N3O4. The van der Waals surface area contributed by atoms with Crippen LogP contribution in [-0.2, 0) is 4.74 Å². The molecule has 1 saturated heterocycles. The Morgan fingerprint density at radius 2 is 1.97 bits per heavy atom. The zero-order valence-corrected chi connectivity index (χ0v) is 18.5. The Hall–Kier alpha value is -2.44. The van der Waals surface area contributed by atoms with E-state index in [2.05, 4.69) is 5.32 Å². The van der Waals surface area contributed by atoms with Crippen LogP contribution < -0.4 is 10.1 Å². The first-order valence-electron chi connectivity index (χ1n) is 10.3. The number of anilines is 1. The van der Waals surface area contributed by atoms with Crippen LogP contribution in [0.1, 0.15) is 47.5 Å². The lowest BCUT2D eigenvalue weighted by Gasteiger charge is -2.35. The SMILES string of the molecule is CC(C)Oc1ccccc1NC(=O)N1CCCC(CN(C)C(=O)OC(C)(C)C)C1. The van der Waals surface area contributed by atoms with Gasteiger partial charge in [0.2, 0.25) is 0 Å². The Bertz CT molecular complexity index is 700. The van der Waals surface area contributed by atoms with Crippen molar-refractivity contribution in [2.75, 3.05) is 32.0 Å². The number of nitrogens with one attached hydrogen (secondary N) is 1. The summed E-state index contributed by atoms with van der Waals surface area (Å²) in [6.07, 6.45) is 1.57. The quantitative estimate of drug-likeness (QED) is 0.778. The van der Waals surface area contributed by atoms with E-state index in [1.807, 2.05) is 63.8 Å². The average Bonchev–Trinajstić information content (AvgIpc) is 2.61. The third-order valence-corrected chi connectivity index (χ3v) is 4.53. The molecule has 29 heavy (non-hydrogen) atoms. The summed E-state index contributed by atoms with van der Waals surface area (Å²) in [5.74, 6) is 0.878. The number of amides is 3. The molecule has 7 nitrogen and oxygen atoms in total. The molecule has 1 atom stereocenters. The van der Waals surface area contributed by atoms with Crippen molar-refractivity contribution in [3.05, 3.63) is 24.3 Å². The number of ether oxygens (including phenoxy) is 2. The van der Waals surface area contributed by atoms with Gasteiger partial charge in [0.1, 0.15) is 11.4 Å². The van der Waals surface area contributed by atoms with E-state index in [-0.39, 0.29) is 24.1 Å². The topological polar surface area (TPSA) is 71.1 Å². The van der Waals surface area contributed by atoms with Crippen molar-refractivity contribution in [1.82, 2.24) is 9.80 Å². The van der Waals surface area contributed by atoms with Gasteiger partial charge in [-0.2, -0.15) is 0 Å². The van der Waals surface area contributed by atoms with Gasteiger partial charge in [-0.1, -0.05) is 12.1 Å². The van der Waals surface area contributed by atoms with E-state index in [0.717, 1.165) is 12.8 Å². The molecule has 0 aliphatic carbocycles. The minimum absolute atomic E-state index is 0.0239. The molecule has 7 heteroatoms. The van der Waals surface area contributed by atoms with E-state index in [1.165, 1.54) is 0 Å². The summed E-state index contributed by atoms with van der Waals surface area (Å²) in [6.45, 7) is 11.3. The fraction of sp³-hybridized carbons (Fsp3) is 0.636. The molecule has 162 valence electrons. The molecule has 0 radical (unpaired) electrons. The van der Waals surface area contributed by atoms with Crippen LogP contribution in [-0.4, -0.2) is 60.3 Å². The molecule has 2 rings (SSSR count). The van der Waals surface area contributed by atoms with Crippen LogP contribution in [0.3, 0.4) is 0 Å². The largest absolute Gasteiger partial charge is 0.489 e. The number of nitrogens with zero attached hydrogens (tertiary/aromatic N) is 2. The summed E-state index contributed by atoms with van der Waals surface area (Å²) in [5, 5.41) is 2.97. The van der Waals surface area contributed by atoms with Crippen molar-refractivity contribution in [3.63, 3.8) is 0 Å². The van der Waals surface area contributed by atoms with Gasteiger partial charge < -0.3 is 24.6 Å². The molecule has 1 fully saturated rings. The van der Waals surface area contributed by atoms with Gasteiger partial charge in [0.05, 0.1) is 11.8 Å². The fourth-order valence-corrected chi connectivity index (χ4v) is 3.32. The summed E-state index contributed by atoms with van der Waals surface area (Å²) >= 11 is 0. The summed E-state index contributed by atoms with van der Waals surface area (Å²) in [4.78, 5) is 28.4. The van der Waals surface area contributed by atoms with E-state index >= 15 is 0 Å². The van der Waals surface area contributed by atoms with E-state index in [9.17, 15) is 9.59 Å². The van der Waals surface area contributed by atoms with E-state index in [4.69, 9.17) is 9.47 Å². The molecular weight excluding hydrogens is 370 g/mol. The summed E-state index contributed by atoms with van der Waals surface area (Å²) in [6, 6.07) is 7.31. The lowest BCUT2D eigenvalue weighted by atomic mass is 9.98. The Balaban J connectivity index is 1.93. The highest BCUT2D eigenvalue weighted by atomic mass is 16.6. The van der Waals surface area contributed by atoms with Crippen molar-refractivity contribution >= 4 is 17.8 Å². The number of carbonyl (C=O) groups is 2. The Kier molecular flexibility index (Phi) is 7.76. The Morgan fingerprint density at radius 3 is 2.62 bits per heavy atom. The van der Waals surface area contributed by atoms with Crippen molar-refractivity contribution < 1.29 is 19.1 Å². The zero-order chi connectivity index (χ0) is 21.6. The van der Waals surface area contributed by atoms with Gasteiger partial charge in [0.15, 0.2) is 0 Å². The van der Waals surface area contributed by atoms with Crippen molar-refractivity contribution in [1.29, 1.82) is 0 Å². The van der Waals surface area contributed by atoms with Gasteiger partial charge >= 0.3 is 12.1 Å². The third-order valence-electron chi connectivity index (χ3n) is 4.53. The first kappa shape index (κ1) is 22.8. The summed E-state index contributed by atoms with van der Waals surface area (Å²) < 4.78 is 11.2. The van der Waals surface area contributed by atoms with Gasteiger partial charge in [-0.25, -0.2) is 9.59 Å². The van der Waals surface area contributed by atoms with E-state index in [0.29, 0.717) is 31.1 Å². The number of hydrogen-bond donors (Lipinski definition) is 1. The van der Waals surface area contributed by atoms with Crippen LogP contribution >= 0.6 is 0 Å². The molecule has 1 aliphatic heterocycles. The molecule has 0 bridgehead atoms. The monoisotopic (exact) mass is 405 g/mol. The minimum Gasteiger partial charge on any atom is -0.489 e. The van der Waals surface area contributed by atoms with Gasteiger partial charge in [0, 0.05) is 26.7 Å². The predicted molar refractivity (Wildman–Crippen MR) is 114 cm³/mol. The average molecular weight is 406 g/mol. The fourth-order valence-electron chi connectivity index (χ4n) is 3.32. The lowest BCUT2D eigenvalue weighted by Crippen LogP contribution is -2.46. The van der Waals surface area contributed by atoms with Crippen molar-refractivity contribution in [2.24, 2.45) is 5.92 Å². The number of para-hydroxylation sites is 2. The second-order valence-electron chi connectivity index (χ2n) is 8.91. The van der Waals surface area contributed by atoms with Crippen LogP contribution in [0.25, 0.3) is 0 Å². The highest BCUT2D eigenvalue weighted by Gasteiger charge is 2.27. The van der Waals surface area contributed by atoms with E-state index in [1.54, 1.807) is 11.9 Å². The molecule has 3 amide bonds. The van der Waals surface area contributed by atoms with Crippen LogP contribution in [0.4, 0.5) is 15.3 Å². The maximum absolute atomic E-state index is 12.8. The molecule has 0 spiro atoms. The normalized spacial score (nSPS) is 17.1. The second-order valence-corrected chi connectivity index (χ2v) is 8.91. The maximum atomic E-state index is 12.8. The molecule has 1 aliphatic rings. The number of urea groups is 1. The number of hydrogen-bond acceptors (Lipinski definition) is 4. The minimum atomic E-state index is -0.519. The summed E-state index contributed by atoms with van der Waals surface area (Å²) in [7, 11) is 1.74. The van der Waals surface area contributed by atoms with Crippen LogP contribution in [0, 0.1) is 5.92 Å². The van der Waals surface area contributed by atoms with Crippen LogP contribution in [0.5, 0.6) is 5.75 Å².